The van der Waals surface area contributed by atoms with Crippen LogP contribution in [0.3, 0.4) is 0 Å². The maximum absolute atomic E-state index is 12.7. The van der Waals surface area contributed by atoms with Crippen LogP contribution >= 0.6 is 0 Å². The Bertz CT molecular complexity index is 1150. The molecule has 0 radical (unpaired) electrons. The first-order valence-corrected chi connectivity index (χ1v) is 13.9. The first kappa shape index (κ1) is 25.4. The second-order valence-corrected chi connectivity index (χ2v) is 12.4. The molecule has 1 heterocycles. The van der Waals surface area contributed by atoms with E-state index in [0.717, 1.165) is 34.7 Å². The molecule has 0 unspecified atom stereocenters. The molecule has 33 heavy (non-hydrogen) atoms. The lowest BCUT2D eigenvalue weighted by atomic mass is 10.1. The number of amides is 1. The highest BCUT2D eigenvalue weighted by Crippen LogP contribution is 2.21. The Morgan fingerprint density at radius 3 is 1.97 bits per heavy atom. The highest BCUT2D eigenvalue weighted by atomic mass is 32.2. The zero-order chi connectivity index (χ0) is 24.1. The van der Waals surface area contributed by atoms with Gasteiger partial charge in [-0.25, -0.2) is 21.1 Å². The number of nitrogens with one attached hydrogen (secondary N) is 1. The van der Waals surface area contributed by atoms with Crippen molar-refractivity contribution in [1.82, 2.24) is 13.9 Å². The van der Waals surface area contributed by atoms with Crippen molar-refractivity contribution in [2.75, 3.05) is 27.2 Å². The van der Waals surface area contributed by atoms with Gasteiger partial charge in [0.1, 0.15) is 0 Å². The van der Waals surface area contributed by atoms with E-state index in [9.17, 15) is 21.6 Å². The van der Waals surface area contributed by atoms with Crippen molar-refractivity contribution >= 4 is 26.0 Å². The summed E-state index contributed by atoms with van der Waals surface area (Å²) in [6.07, 6.45) is 3.60. The predicted octanol–water partition coefficient (Wildman–Crippen LogP) is 2.36. The van der Waals surface area contributed by atoms with Crippen LogP contribution in [0.5, 0.6) is 0 Å². The smallest absolute Gasteiger partial charge is 0.243 e. The highest BCUT2D eigenvalue weighted by molar-refractivity contribution is 7.89. The Labute approximate surface area is 196 Å². The molecule has 10 heteroatoms. The largest absolute Gasteiger partial charge is 0.352 e. The van der Waals surface area contributed by atoms with E-state index in [2.05, 4.69) is 5.32 Å². The minimum Gasteiger partial charge on any atom is -0.352 e. The Hall–Kier alpha value is -2.27. The first-order valence-electron chi connectivity index (χ1n) is 11.0. The van der Waals surface area contributed by atoms with E-state index in [4.69, 9.17) is 0 Å². The minimum absolute atomic E-state index is 0.134. The van der Waals surface area contributed by atoms with Crippen LogP contribution in [0.15, 0.2) is 58.3 Å². The lowest BCUT2D eigenvalue weighted by molar-refractivity contribution is -0.121. The maximum Gasteiger partial charge on any atom is 0.243 e. The number of hydrogen-bond donors (Lipinski definition) is 1. The lowest BCUT2D eigenvalue weighted by Crippen LogP contribution is -2.35. The fourth-order valence-electron chi connectivity index (χ4n) is 3.62. The van der Waals surface area contributed by atoms with Gasteiger partial charge in [-0.2, -0.15) is 4.31 Å². The fourth-order valence-corrected chi connectivity index (χ4v) is 6.04. The summed E-state index contributed by atoms with van der Waals surface area (Å²) >= 11 is 0. The number of hydrogen-bond acceptors (Lipinski definition) is 5. The second-order valence-electron chi connectivity index (χ2n) is 8.32. The molecule has 0 aromatic heterocycles. The minimum atomic E-state index is -3.47. The molecule has 1 amide bonds. The summed E-state index contributed by atoms with van der Waals surface area (Å²) in [5, 5.41) is 2.84. The topological polar surface area (TPSA) is 104 Å². The summed E-state index contributed by atoms with van der Waals surface area (Å²) in [5.41, 5.74) is 1.69. The van der Waals surface area contributed by atoms with Gasteiger partial charge in [0.15, 0.2) is 0 Å². The second kappa shape index (κ2) is 10.8. The van der Waals surface area contributed by atoms with Crippen LogP contribution in [-0.2, 0) is 37.8 Å². The van der Waals surface area contributed by atoms with Crippen LogP contribution < -0.4 is 5.32 Å². The first-order chi connectivity index (χ1) is 15.6. The van der Waals surface area contributed by atoms with Crippen LogP contribution in [0.1, 0.15) is 36.8 Å². The fraction of sp³-hybridized carbons (Fsp3) is 0.435. The van der Waals surface area contributed by atoms with Gasteiger partial charge in [-0.3, -0.25) is 4.79 Å². The lowest BCUT2D eigenvalue weighted by Gasteiger charge is -2.25. The third-order valence-electron chi connectivity index (χ3n) is 5.71. The molecule has 0 bridgehead atoms. The Kier molecular flexibility index (Phi) is 8.28. The van der Waals surface area contributed by atoms with Gasteiger partial charge < -0.3 is 5.32 Å². The molecule has 1 fully saturated rings. The molecule has 0 spiro atoms. The molecule has 2 aromatic carbocycles. The summed E-state index contributed by atoms with van der Waals surface area (Å²) in [6, 6.07) is 13.1. The number of benzene rings is 2. The molecule has 1 aliphatic rings. The quantitative estimate of drug-likeness (QED) is 0.578. The third-order valence-corrected chi connectivity index (χ3v) is 9.45. The SMILES string of the molecule is CN(C)S(=O)(=O)c1ccc(CCC(=O)NCc2ccc(S(=O)(=O)N3CCCCC3)cc2)cc1. The van der Waals surface area contributed by atoms with E-state index in [0.29, 0.717) is 26.1 Å². The normalized spacial score (nSPS) is 15.5. The third kappa shape index (κ3) is 6.41. The van der Waals surface area contributed by atoms with Gasteiger partial charge in [-0.1, -0.05) is 30.7 Å². The molecule has 1 aliphatic heterocycles. The number of carbonyl (C=O) groups is 1. The molecular formula is C23H31N3O5S2. The zero-order valence-electron chi connectivity index (χ0n) is 19.0. The van der Waals surface area contributed by atoms with Gasteiger partial charge in [0.2, 0.25) is 26.0 Å². The summed E-state index contributed by atoms with van der Waals surface area (Å²) in [7, 11) is -3.97. The molecule has 0 saturated carbocycles. The summed E-state index contributed by atoms with van der Waals surface area (Å²) in [5.74, 6) is -0.134. The van der Waals surface area contributed by atoms with Crippen molar-refractivity contribution in [2.24, 2.45) is 0 Å². The van der Waals surface area contributed by atoms with Gasteiger partial charge >= 0.3 is 0 Å². The number of rotatable bonds is 9. The Morgan fingerprint density at radius 1 is 0.848 bits per heavy atom. The Morgan fingerprint density at radius 2 is 1.39 bits per heavy atom. The van der Waals surface area contributed by atoms with Crippen LogP contribution in [-0.4, -0.2) is 58.5 Å². The number of carbonyl (C=O) groups excluding carboxylic acids is 1. The predicted molar refractivity (Wildman–Crippen MR) is 127 cm³/mol. The molecule has 3 rings (SSSR count). The van der Waals surface area contributed by atoms with E-state index < -0.39 is 20.0 Å². The molecule has 1 saturated heterocycles. The average molecular weight is 494 g/mol. The van der Waals surface area contributed by atoms with Crippen molar-refractivity contribution < 1.29 is 21.6 Å². The molecule has 0 aliphatic carbocycles. The maximum atomic E-state index is 12.7. The Balaban J connectivity index is 1.49. The van der Waals surface area contributed by atoms with Crippen molar-refractivity contribution in [3.8, 4) is 0 Å². The molecule has 8 nitrogen and oxygen atoms in total. The van der Waals surface area contributed by atoms with Crippen molar-refractivity contribution in [3.05, 3.63) is 59.7 Å². The summed E-state index contributed by atoms with van der Waals surface area (Å²) in [4.78, 5) is 12.7. The molecular weight excluding hydrogens is 462 g/mol. The number of nitrogens with zero attached hydrogens (tertiary/aromatic N) is 2. The van der Waals surface area contributed by atoms with Crippen molar-refractivity contribution in [1.29, 1.82) is 0 Å². The van der Waals surface area contributed by atoms with Crippen molar-refractivity contribution in [2.45, 2.75) is 48.4 Å². The van der Waals surface area contributed by atoms with E-state index in [1.165, 1.54) is 18.4 Å². The highest BCUT2D eigenvalue weighted by Gasteiger charge is 2.25. The number of sulfonamides is 2. The molecule has 2 aromatic rings. The molecule has 0 atom stereocenters. The van der Waals surface area contributed by atoms with Gasteiger partial charge in [-0.15, -0.1) is 0 Å². The van der Waals surface area contributed by atoms with Crippen LogP contribution in [0, 0.1) is 0 Å². The van der Waals surface area contributed by atoms with Crippen molar-refractivity contribution in [3.63, 3.8) is 0 Å². The van der Waals surface area contributed by atoms with Gasteiger partial charge in [0, 0.05) is 40.2 Å². The van der Waals surface area contributed by atoms with Gasteiger partial charge in [0.25, 0.3) is 0 Å². The van der Waals surface area contributed by atoms with E-state index in [1.807, 2.05) is 0 Å². The number of aryl methyl sites for hydroxylation is 1. The molecule has 180 valence electrons. The average Bonchev–Trinajstić information content (AvgIpc) is 2.82. The van der Waals surface area contributed by atoms with Crippen LogP contribution in [0.2, 0.25) is 0 Å². The zero-order valence-corrected chi connectivity index (χ0v) is 20.7. The van der Waals surface area contributed by atoms with Gasteiger partial charge in [-0.05, 0) is 54.7 Å². The van der Waals surface area contributed by atoms with E-state index >= 15 is 0 Å². The van der Waals surface area contributed by atoms with Crippen LogP contribution in [0.4, 0.5) is 0 Å². The van der Waals surface area contributed by atoms with E-state index in [1.54, 1.807) is 48.5 Å². The number of piperidine rings is 1. The standard InChI is InChI=1S/C23H31N3O5S2/c1-25(2)32(28,29)21-11-6-19(7-12-21)10-15-23(27)24-18-20-8-13-22(14-9-20)33(30,31)26-16-4-3-5-17-26/h6-9,11-14H,3-5,10,15-18H2,1-2H3,(H,24,27). The van der Waals surface area contributed by atoms with E-state index in [-0.39, 0.29) is 22.1 Å². The molecule has 1 N–H and O–H groups in total. The van der Waals surface area contributed by atoms with Crippen LogP contribution in [0.25, 0.3) is 0 Å². The van der Waals surface area contributed by atoms with Gasteiger partial charge in [0.05, 0.1) is 9.79 Å². The summed E-state index contributed by atoms with van der Waals surface area (Å²) < 4.78 is 52.3. The summed E-state index contributed by atoms with van der Waals surface area (Å²) in [6.45, 7) is 1.44. The monoisotopic (exact) mass is 493 g/mol.